The molecular weight excluding hydrogens is 338 g/mol. The van der Waals surface area contributed by atoms with Crippen molar-refractivity contribution in [3.05, 3.63) is 90.5 Å². The number of nitrogens with zero attached hydrogens (tertiary/aromatic N) is 3. The van der Waals surface area contributed by atoms with Crippen molar-refractivity contribution in [2.75, 3.05) is 7.11 Å². The van der Waals surface area contributed by atoms with Gasteiger partial charge in [0.05, 0.1) is 12.8 Å². The van der Waals surface area contributed by atoms with Crippen molar-refractivity contribution in [1.29, 1.82) is 0 Å². The van der Waals surface area contributed by atoms with Gasteiger partial charge in [0.1, 0.15) is 18.4 Å². The number of carbonyl (C=O) groups is 1. The van der Waals surface area contributed by atoms with E-state index in [9.17, 15) is 4.79 Å². The van der Waals surface area contributed by atoms with Gasteiger partial charge < -0.3 is 4.74 Å². The third kappa shape index (κ3) is 3.62. The monoisotopic (exact) mass is 355 g/mol. The van der Waals surface area contributed by atoms with E-state index >= 15 is 0 Å². The lowest BCUT2D eigenvalue weighted by Gasteiger charge is -2.04. The Kier molecular flexibility index (Phi) is 4.49. The highest BCUT2D eigenvalue weighted by Gasteiger charge is 2.04. The highest BCUT2D eigenvalue weighted by molar-refractivity contribution is 6.08. The molecule has 3 aromatic carbocycles. The zero-order valence-corrected chi connectivity index (χ0v) is 14.7. The molecule has 0 aliphatic rings. The number of benzene rings is 3. The van der Waals surface area contributed by atoms with Crippen LogP contribution in [0.4, 0.5) is 0 Å². The molecule has 1 heterocycles. The van der Waals surface area contributed by atoms with E-state index < -0.39 is 0 Å². The molecule has 27 heavy (non-hydrogen) atoms. The summed E-state index contributed by atoms with van der Waals surface area (Å²) in [5.41, 5.74) is 2.52. The van der Waals surface area contributed by atoms with Gasteiger partial charge in [-0.25, -0.2) is 9.67 Å². The number of carbonyl (C=O) groups excluding carboxylic acids is 1. The van der Waals surface area contributed by atoms with Crippen LogP contribution in [0.3, 0.4) is 0 Å². The number of ether oxygens (including phenoxy) is 1. The van der Waals surface area contributed by atoms with Crippen LogP contribution in [0.2, 0.25) is 0 Å². The first kappa shape index (κ1) is 16.7. The Balaban J connectivity index is 1.52. The Hall–Kier alpha value is -3.73. The summed E-state index contributed by atoms with van der Waals surface area (Å²) in [5.74, 6) is 0.767. The van der Waals surface area contributed by atoms with Gasteiger partial charge in [-0.15, -0.1) is 0 Å². The van der Waals surface area contributed by atoms with Crippen molar-refractivity contribution < 1.29 is 9.53 Å². The zero-order chi connectivity index (χ0) is 18.6. The van der Waals surface area contributed by atoms with Crippen molar-refractivity contribution >= 4 is 22.6 Å². The lowest BCUT2D eigenvalue weighted by molar-refractivity contribution is 0.104. The summed E-state index contributed by atoms with van der Waals surface area (Å²) in [6.07, 6.45) is 6.54. The highest BCUT2D eigenvalue weighted by Crippen LogP contribution is 2.22. The molecule has 0 spiro atoms. The summed E-state index contributed by atoms with van der Waals surface area (Å²) in [5, 5.41) is 6.14. The van der Waals surface area contributed by atoms with E-state index in [4.69, 9.17) is 4.74 Å². The molecule has 5 nitrogen and oxygen atoms in total. The van der Waals surface area contributed by atoms with Crippen molar-refractivity contribution in [3.63, 3.8) is 0 Å². The van der Waals surface area contributed by atoms with Crippen LogP contribution >= 0.6 is 0 Å². The van der Waals surface area contributed by atoms with Crippen LogP contribution in [0.15, 0.2) is 79.4 Å². The standard InChI is InChI=1S/C22H17N3O2/c1-27-21-10-7-17-12-19(6-5-18(17)13-21)22(26)11-4-16-2-8-20(9-3-16)25-15-23-14-24-25/h2-15H,1H3/b11-4+. The van der Waals surface area contributed by atoms with E-state index in [-0.39, 0.29) is 5.78 Å². The fourth-order valence-corrected chi connectivity index (χ4v) is 2.85. The van der Waals surface area contributed by atoms with Gasteiger partial charge >= 0.3 is 0 Å². The van der Waals surface area contributed by atoms with E-state index in [1.54, 1.807) is 24.2 Å². The van der Waals surface area contributed by atoms with Gasteiger partial charge in [-0.05, 0) is 52.7 Å². The number of fused-ring (bicyclic) bond motifs is 1. The van der Waals surface area contributed by atoms with Gasteiger partial charge in [-0.3, -0.25) is 4.79 Å². The summed E-state index contributed by atoms with van der Waals surface area (Å²) >= 11 is 0. The molecule has 0 amide bonds. The zero-order valence-electron chi connectivity index (χ0n) is 14.7. The first-order chi connectivity index (χ1) is 13.2. The predicted octanol–water partition coefficient (Wildman–Crippen LogP) is 4.33. The molecule has 4 aromatic rings. The molecule has 0 fully saturated rings. The van der Waals surface area contributed by atoms with Crippen LogP contribution in [0.25, 0.3) is 22.5 Å². The lowest BCUT2D eigenvalue weighted by Crippen LogP contribution is -1.95. The number of allylic oxidation sites excluding steroid dienone is 1. The topological polar surface area (TPSA) is 57.0 Å². The maximum Gasteiger partial charge on any atom is 0.185 e. The molecule has 5 heteroatoms. The Morgan fingerprint density at radius 2 is 1.78 bits per heavy atom. The van der Waals surface area contributed by atoms with E-state index in [0.29, 0.717) is 5.56 Å². The Morgan fingerprint density at radius 3 is 2.52 bits per heavy atom. The molecule has 1 aromatic heterocycles. The number of aromatic nitrogens is 3. The van der Waals surface area contributed by atoms with Crippen molar-refractivity contribution in [3.8, 4) is 11.4 Å². The van der Waals surface area contributed by atoms with Gasteiger partial charge in [0, 0.05) is 5.56 Å². The normalized spacial score (nSPS) is 11.1. The average molecular weight is 355 g/mol. The Morgan fingerprint density at radius 1 is 1.00 bits per heavy atom. The van der Waals surface area contributed by atoms with Gasteiger partial charge in [0.25, 0.3) is 0 Å². The van der Waals surface area contributed by atoms with E-state index in [1.807, 2.05) is 66.7 Å². The van der Waals surface area contributed by atoms with Crippen LogP contribution in [0, 0.1) is 0 Å². The second-order valence-electron chi connectivity index (χ2n) is 6.06. The minimum Gasteiger partial charge on any atom is -0.497 e. The average Bonchev–Trinajstić information content (AvgIpc) is 3.26. The highest BCUT2D eigenvalue weighted by atomic mass is 16.5. The van der Waals surface area contributed by atoms with E-state index in [1.165, 1.54) is 6.33 Å². The van der Waals surface area contributed by atoms with Gasteiger partial charge in [0.2, 0.25) is 0 Å². The Bertz CT molecular complexity index is 1110. The van der Waals surface area contributed by atoms with Crippen LogP contribution in [0.5, 0.6) is 5.75 Å². The molecule has 0 aliphatic heterocycles. The summed E-state index contributed by atoms with van der Waals surface area (Å²) in [6.45, 7) is 0. The van der Waals surface area contributed by atoms with Crippen LogP contribution in [0.1, 0.15) is 15.9 Å². The number of methoxy groups -OCH3 is 1. The second-order valence-corrected chi connectivity index (χ2v) is 6.06. The van der Waals surface area contributed by atoms with Crippen LogP contribution in [-0.4, -0.2) is 27.7 Å². The number of hydrogen-bond acceptors (Lipinski definition) is 4. The van der Waals surface area contributed by atoms with Crippen molar-refractivity contribution in [1.82, 2.24) is 14.8 Å². The maximum atomic E-state index is 12.5. The van der Waals surface area contributed by atoms with E-state index in [2.05, 4.69) is 10.1 Å². The molecule has 0 aliphatic carbocycles. The third-order valence-electron chi connectivity index (χ3n) is 4.34. The fourth-order valence-electron chi connectivity index (χ4n) is 2.85. The van der Waals surface area contributed by atoms with Gasteiger partial charge in [0.15, 0.2) is 5.78 Å². The molecule has 0 atom stereocenters. The molecule has 0 saturated carbocycles. The second kappa shape index (κ2) is 7.25. The Labute approximate surface area is 156 Å². The molecular formula is C22H17N3O2. The third-order valence-corrected chi connectivity index (χ3v) is 4.34. The number of rotatable bonds is 5. The summed E-state index contributed by atoms with van der Waals surface area (Å²) in [7, 11) is 1.64. The summed E-state index contributed by atoms with van der Waals surface area (Å²) in [4.78, 5) is 16.4. The van der Waals surface area contributed by atoms with Crippen LogP contribution in [-0.2, 0) is 0 Å². The molecule has 0 radical (unpaired) electrons. The predicted molar refractivity (Wildman–Crippen MR) is 105 cm³/mol. The molecule has 0 N–H and O–H groups in total. The smallest absolute Gasteiger partial charge is 0.185 e. The minimum absolute atomic E-state index is 0.0342. The molecule has 0 bridgehead atoms. The molecule has 0 saturated heterocycles. The molecule has 132 valence electrons. The largest absolute Gasteiger partial charge is 0.497 e. The number of hydrogen-bond donors (Lipinski definition) is 0. The van der Waals surface area contributed by atoms with Crippen molar-refractivity contribution in [2.24, 2.45) is 0 Å². The maximum absolute atomic E-state index is 12.5. The molecule has 4 rings (SSSR count). The summed E-state index contributed by atoms with van der Waals surface area (Å²) < 4.78 is 6.92. The SMILES string of the molecule is COc1ccc2cc(C(=O)/C=C/c3ccc(-n4cncn4)cc3)ccc2c1. The van der Waals surface area contributed by atoms with E-state index in [0.717, 1.165) is 27.8 Å². The fraction of sp³-hybridized carbons (Fsp3) is 0.0455. The first-order valence-corrected chi connectivity index (χ1v) is 8.48. The minimum atomic E-state index is -0.0342. The van der Waals surface area contributed by atoms with Gasteiger partial charge in [-0.2, -0.15) is 5.10 Å². The summed E-state index contributed by atoms with van der Waals surface area (Å²) in [6, 6.07) is 19.2. The number of ketones is 1. The molecule has 0 unspecified atom stereocenters. The van der Waals surface area contributed by atoms with Gasteiger partial charge in [-0.1, -0.05) is 36.4 Å². The lowest BCUT2D eigenvalue weighted by atomic mass is 10.0. The first-order valence-electron chi connectivity index (χ1n) is 8.48. The van der Waals surface area contributed by atoms with Crippen molar-refractivity contribution in [2.45, 2.75) is 0 Å². The van der Waals surface area contributed by atoms with Crippen LogP contribution < -0.4 is 4.74 Å². The quantitative estimate of drug-likeness (QED) is 0.395.